The Morgan fingerprint density at radius 3 is 1.11 bits per heavy atom. The lowest BCUT2D eigenvalue weighted by Gasteiger charge is -2.22. The average Bonchev–Trinajstić information content (AvgIpc) is 3.33. The monoisotopic (exact) mass is 1000 g/mol. The standard InChI is InChI=1S/2C26H27F3N4O3/c2*1-16(2)13-22(33-23-10-6-19(15-32-23)25(36)30-12-11-24(34)35)18-5-9-21(31-14-18)17-3-7-20(8-4-17)26(27,28)29/h2*3-10,14-16,22H,11-13H2,1-2H3,(H,30,36)(H,32,33)(H,34,35)/t2*22-/m10/s1. The van der Waals surface area contributed by atoms with Crippen molar-refractivity contribution in [3.8, 4) is 22.5 Å². The van der Waals surface area contributed by atoms with Gasteiger partial charge in [0.1, 0.15) is 11.6 Å². The molecule has 14 nitrogen and oxygen atoms in total. The first-order valence-electron chi connectivity index (χ1n) is 22.8. The van der Waals surface area contributed by atoms with Gasteiger partial charge in [0.15, 0.2) is 0 Å². The fourth-order valence-corrected chi connectivity index (χ4v) is 7.08. The second kappa shape index (κ2) is 25.3. The number of benzene rings is 2. The molecule has 6 rings (SSSR count). The van der Waals surface area contributed by atoms with Crippen LogP contribution in [0, 0.1) is 11.8 Å². The minimum Gasteiger partial charge on any atom is -0.481 e. The highest BCUT2D eigenvalue weighted by molar-refractivity contribution is 5.94. The van der Waals surface area contributed by atoms with Gasteiger partial charge in [-0.1, -0.05) is 64.1 Å². The fraction of sp³-hybridized carbons (Fsp3) is 0.308. The van der Waals surface area contributed by atoms with Crippen LogP contribution in [0.4, 0.5) is 38.0 Å². The summed E-state index contributed by atoms with van der Waals surface area (Å²) in [5.74, 6) is -1.01. The quantitative estimate of drug-likeness (QED) is 0.0395. The van der Waals surface area contributed by atoms with Crippen LogP contribution in [0.3, 0.4) is 0 Å². The highest BCUT2D eigenvalue weighted by Gasteiger charge is 2.31. The Hall–Kier alpha value is -7.90. The summed E-state index contributed by atoms with van der Waals surface area (Å²) in [6.45, 7) is 8.38. The highest BCUT2D eigenvalue weighted by atomic mass is 19.4. The number of alkyl halides is 6. The number of halogens is 6. The molecule has 2 aromatic carbocycles. The summed E-state index contributed by atoms with van der Waals surface area (Å²) in [6, 6.07) is 23.3. The van der Waals surface area contributed by atoms with E-state index in [1.165, 1.54) is 36.7 Å². The molecule has 0 unspecified atom stereocenters. The molecular weight excluding hydrogens is 947 g/mol. The smallest absolute Gasteiger partial charge is 0.416 e. The van der Waals surface area contributed by atoms with Gasteiger partial charge in [0.2, 0.25) is 0 Å². The number of aromatic nitrogens is 4. The Labute approximate surface area is 411 Å². The van der Waals surface area contributed by atoms with Crippen LogP contribution >= 0.6 is 0 Å². The molecule has 2 amide bonds. The fourth-order valence-electron chi connectivity index (χ4n) is 7.08. The summed E-state index contributed by atoms with van der Waals surface area (Å²) in [4.78, 5) is 62.9. The molecule has 72 heavy (non-hydrogen) atoms. The van der Waals surface area contributed by atoms with Gasteiger partial charge in [0.25, 0.3) is 11.8 Å². The van der Waals surface area contributed by atoms with Gasteiger partial charge in [-0.25, -0.2) is 9.97 Å². The Balaban J connectivity index is 0.000000267. The van der Waals surface area contributed by atoms with Gasteiger partial charge < -0.3 is 31.5 Å². The van der Waals surface area contributed by atoms with E-state index in [-0.39, 0.29) is 38.0 Å². The molecule has 4 heterocycles. The molecule has 20 heteroatoms. The van der Waals surface area contributed by atoms with Crippen LogP contribution in [0.15, 0.2) is 122 Å². The predicted octanol–water partition coefficient (Wildman–Crippen LogP) is 11.1. The number of anilines is 2. The number of amides is 2. The van der Waals surface area contributed by atoms with Crippen molar-refractivity contribution < 1.29 is 55.7 Å². The molecule has 0 fully saturated rings. The predicted molar refractivity (Wildman–Crippen MR) is 259 cm³/mol. The lowest BCUT2D eigenvalue weighted by Crippen LogP contribution is -2.26. The van der Waals surface area contributed by atoms with Crippen LogP contribution in [-0.2, 0) is 21.9 Å². The zero-order valence-electron chi connectivity index (χ0n) is 39.7. The maximum Gasteiger partial charge on any atom is 0.416 e. The minimum absolute atomic E-state index is 0.0279. The summed E-state index contributed by atoms with van der Waals surface area (Å²) >= 11 is 0. The second-order valence-electron chi connectivity index (χ2n) is 17.4. The number of hydrogen-bond donors (Lipinski definition) is 6. The number of rotatable bonds is 20. The molecule has 0 radical (unpaired) electrons. The van der Waals surface area contributed by atoms with Crippen LogP contribution in [0.5, 0.6) is 0 Å². The number of carboxylic acid groups (broad SMARTS) is 2. The summed E-state index contributed by atoms with van der Waals surface area (Å²) in [7, 11) is 0. The Morgan fingerprint density at radius 1 is 0.486 bits per heavy atom. The molecule has 2 atom stereocenters. The average molecular weight is 1000 g/mol. The van der Waals surface area contributed by atoms with E-state index in [4.69, 9.17) is 10.2 Å². The largest absolute Gasteiger partial charge is 0.481 e. The number of carboxylic acids is 2. The first kappa shape index (κ1) is 55.0. The molecule has 0 saturated carbocycles. The summed E-state index contributed by atoms with van der Waals surface area (Å²) in [5, 5.41) is 29.1. The van der Waals surface area contributed by atoms with E-state index in [9.17, 15) is 45.5 Å². The van der Waals surface area contributed by atoms with Gasteiger partial charge in [-0.05, 0) is 96.5 Å². The molecule has 0 aliphatic carbocycles. The van der Waals surface area contributed by atoms with Gasteiger partial charge in [-0.2, -0.15) is 26.3 Å². The third kappa shape index (κ3) is 17.2. The molecule has 6 aromatic rings. The van der Waals surface area contributed by atoms with Crippen LogP contribution in [0.1, 0.15) is 108 Å². The first-order chi connectivity index (χ1) is 34.0. The topological polar surface area (TPSA) is 208 Å². The number of pyridine rings is 4. The van der Waals surface area contributed by atoms with E-state index in [1.807, 2.05) is 12.1 Å². The lowest BCUT2D eigenvalue weighted by atomic mass is 9.97. The molecule has 0 aliphatic heterocycles. The van der Waals surface area contributed by atoms with Crippen molar-refractivity contribution in [2.24, 2.45) is 11.8 Å². The van der Waals surface area contributed by atoms with E-state index in [2.05, 4.69) is 68.9 Å². The van der Waals surface area contributed by atoms with Crippen LogP contribution in [0.2, 0.25) is 0 Å². The lowest BCUT2D eigenvalue weighted by molar-refractivity contribution is -0.138. The van der Waals surface area contributed by atoms with E-state index < -0.39 is 47.2 Å². The number of aliphatic carboxylic acids is 2. The molecule has 0 bridgehead atoms. The molecule has 0 aliphatic rings. The second-order valence-corrected chi connectivity index (χ2v) is 17.4. The third-order valence-electron chi connectivity index (χ3n) is 10.8. The minimum atomic E-state index is -4.39. The number of carbonyl (C=O) groups excluding carboxylic acids is 2. The summed E-state index contributed by atoms with van der Waals surface area (Å²) in [5.41, 5.74) is 3.28. The molecule has 0 saturated heterocycles. The first-order valence-corrected chi connectivity index (χ1v) is 22.8. The molecule has 4 aromatic heterocycles. The number of carbonyl (C=O) groups is 4. The number of nitrogens with one attached hydrogen (secondary N) is 4. The van der Waals surface area contributed by atoms with Gasteiger partial charge in [-0.15, -0.1) is 0 Å². The Kier molecular flexibility index (Phi) is 19.3. The van der Waals surface area contributed by atoms with E-state index in [0.29, 0.717) is 57.1 Å². The Bertz CT molecular complexity index is 2510. The van der Waals surface area contributed by atoms with Crippen molar-refractivity contribution in [2.75, 3.05) is 23.7 Å². The van der Waals surface area contributed by atoms with E-state index in [1.54, 1.807) is 48.8 Å². The van der Waals surface area contributed by atoms with E-state index in [0.717, 1.165) is 48.2 Å². The van der Waals surface area contributed by atoms with Crippen LogP contribution in [-0.4, -0.2) is 67.0 Å². The number of hydrogen-bond acceptors (Lipinski definition) is 10. The zero-order chi connectivity index (χ0) is 52.6. The highest BCUT2D eigenvalue weighted by Crippen LogP contribution is 2.33. The van der Waals surface area contributed by atoms with Crippen molar-refractivity contribution >= 4 is 35.4 Å². The van der Waals surface area contributed by atoms with Crippen molar-refractivity contribution in [2.45, 2.75) is 77.8 Å². The summed E-state index contributed by atoms with van der Waals surface area (Å²) < 4.78 is 76.9. The molecule has 380 valence electrons. The van der Waals surface area contributed by atoms with Gasteiger partial charge >= 0.3 is 24.3 Å². The van der Waals surface area contributed by atoms with Crippen molar-refractivity contribution in [3.63, 3.8) is 0 Å². The molecular formula is C52H54F6N8O6. The Morgan fingerprint density at radius 2 is 0.847 bits per heavy atom. The normalized spacial score (nSPS) is 12.3. The van der Waals surface area contributed by atoms with Gasteiger partial charge in [0.05, 0.1) is 58.6 Å². The van der Waals surface area contributed by atoms with Crippen LogP contribution < -0.4 is 21.3 Å². The third-order valence-corrected chi connectivity index (χ3v) is 10.8. The van der Waals surface area contributed by atoms with Gasteiger partial charge in [0, 0.05) is 49.0 Å². The van der Waals surface area contributed by atoms with Crippen molar-refractivity contribution in [1.82, 2.24) is 30.6 Å². The maximum atomic E-state index is 12.8. The molecule has 0 spiro atoms. The van der Waals surface area contributed by atoms with Crippen molar-refractivity contribution in [1.29, 1.82) is 0 Å². The maximum absolute atomic E-state index is 12.8. The van der Waals surface area contributed by atoms with E-state index >= 15 is 0 Å². The number of nitrogens with zero attached hydrogens (tertiary/aromatic N) is 4. The van der Waals surface area contributed by atoms with Crippen molar-refractivity contribution in [3.05, 3.63) is 155 Å². The molecule has 6 N–H and O–H groups in total. The van der Waals surface area contributed by atoms with Gasteiger partial charge in [-0.3, -0.25) is 29.1 Å². The van der Waals surface area contributed by atoms with Crippen LogP contribution in [0.25, 0.3) is 22.5 Å². The summed E-state index contributed by atoms with van der Waals surface area (Å²) in [6.07, 6.45) is -1.37. The zero-order valence-corrected chi connectivity index (χ0v) is 39.7. The SMILES string of the molecule is CC(C)C[C@@H](Nc1ccc(C(=O)NCCC(=O)O)cn1)c1ccc(-c2ccc(C(F)(F)F)cc2)nc1.CC(C)C[C@H](Nc1ccc(C(=O)NCCC(=O)O)cn1)c1ccc(-c2ccc(C(F)(F)F)cc2)nc1.